The number of aliphatic carboxylic acids is 1. The van der Waals surface area contributed by atoms with Crippen molar-refractivity contribution < 1.29 is 19.4 Å². The zero-order valence-electron chi connectivity index (χ0n) is 8.10. The number of hydrogen-bond donors (Lipinski definition) is 1. The molecule has 1 heterocycles. The second-order valence-corrected chi connectivity index (χ2v) is 3.73. The number of carboxylic acids is 1. The highest BCUT2D eigenvalue weighted by Crippen LogP contribution is 2.16. The van der Waals surface area contributed by atoms with E-state index >= 15 is 0 Å². The molecule has 4 nitrogen and oxygen atoms in total. The van der Waals surface area contributed by atoms with Crippen LogP contribution in [0, 0.1) is 0 Å². The van der Waals surface area contributed by atoms with Gasteiger partial charge in [0, 0.05) is 10.5 Å². The molecular weight excluding hydrogens is 216 g/mol. The number of hydrogen-bond acceptors (Lipinski definition) is 4. The van der Waals surface area contributed by atoms with Gasteiger partial charge >= 0.3 is 11.9 Å². The van der Waals surface area contributed by atoms with E-state index < -0.39 is 11.9 Å². The zero-order valence-corrected chi connectivity index (χ0v) is 8.91. The summed E-state index contributed by atoms with van der Waals surface area (Å²) in [6, 6.07) is 3.63. The molecule has 1 rings (SSSR count). The summed E-state index contributed by atoms with van der Waals surface area (Å²) in [6.45, 7) is 0. The summed E-state index contributed by atoms with van der Waals surface area (Å²) < 4.78 is 4.50. The summed E-state index contributed by atoms with van der Waals surface area (Å²) in [5, 5.41) is 10.5. The Labute approximate surface area is 90.8 Å². The van der Waals surface area contributed by atoms with Crippen molar-refractivity contribution in [3.05, 3.63) is 28.0 Å². The van der Waals surface area contributed by atoms with Crippen LogP contribution in [0.4, 0.5) is 0 Å². The molecule has 0 atom stereocenters. The van der Waals surface area contributed by atoms with E-state index in [1.165, 1.54) is 24.5 Å². The van der Waals surface area contributed by atoms with Crippen molar-refractivity contribution in [3.8, 4) is 0 Å². The van der Waals surface area contributed by atoms with Crippen molar-refractivity contribution in [2.45, 2.75) is 6.42 Å². The van der Waals surface area contributed by atoms with Gasteiger partial charge in [0.2, 0.25) is 0 Å². The predicted molar refractivity (Wildman–Crippen MR) is 56.6 cm³/mol. The third-order valence-corrected chi connectivity index (χ3v) is 2.47. The highest BCUT2D eigenvalue weighted by Gasteiger charge is 2.13. The lowest BCUT2D eigenvalue weighted by Gasteiger charge is -2.01. The first-order valence-corrected chi connectivity index (χ1v) is 5.05. The Morgan fingerprint density at radius 2 is 2.33 bits per heavy atom. The Hall–Kier alpha value is -1.62. The van der Waals surface area contributed by atoms with Crippen LogP contribution in [-0.4, -0.2) is 24.2 Å². The van der Waals surface area contributed by atoms with Gasteiger partial charge in [-0.2, -0.15) is 0 Å². The SMILES string of the molecule is COC(=O)/C(=C/c1cccs1)CC(=O)O. The molecule has 80 valence electrons. The summed E-state index contributed by atoms with van der Waals surface area (Å²) in [5.74, 6) is -1.66. The van der Waals surface area contributed by atoms with Gasteiger partial charge in [0.25, 0.3) is 0 Å². The highest BCUT2D eigenvalue weighted by atomic mass is 32.1. The largest absolute Gasteiger partial charge is 0.481 e. The first-order valence-electron chi connectivity index (χ1n) is 4.17. The first-order chi connectivity index (χ1) is 7.13. The molecular formula is C10H10O4S. The zero-order chi connectivity index (χ0) is 11.3. The molecule has 0 aliphatic carbocycles. The third kappa shape index (κ3) is 3.55. The van der Waals surface area contributed by atoms with Crippen molar-refractivity contribution in [3.63, 3.8) is 0 Å². The van der Waals surface area contributed by atoms with Gasteiger partial charge in [-0.3, -0.25) is 4.79 Å². The van der Waals surface area contributed by atoms with Gasteiger partial charge in [-0.15, -0.1) is 11.3 Å². The van der Waals surface area contributed by atoms with Crippen molar-refractivity contribution in [2.75, 3.05) is 7.11 Å². The average molecular weight is 226 g/mol. The van der Waals surface area contributed by atoms with Crippen LogP contribution in [0.25, 0.3) is 6.08 Å². The van der Waals surface area contributed by atoms with Crippen molar-refractivity contribution in [2.24, 2.45) is 0 Å². The Morgan fingerprint density at radius 1 is 1.60 bits per heavy atom. The quantitative estimate of drug-likeness (QED) is 0.628. The molecule has 1 aromatic heterocycles. The average Bonchev–Trinajstić information content (AvgIpc) is 2.67. The molecule has 0 aromatic carbocycles. The van der Waals surface area contributed by atoms with E-state index in [1.807, 2.05) is 11.4 Å². The van der Waals surface area contributed by atoms with E-state index in [2.05, 4.69) is 4.74 Å². The van der Waals surface area contributed by atoms with Gasteiger partial charge in [0.1, 0.15) is 0 Å². The highest BCUT2D eigenvalue weighted by molar-refractivity contribution is 7.10. The number of ether oxygens (including phenoxy) is 1. The van der Waals surface area contributed by atoms with Crippen LogP contribution >= 0.6 is 11.3 Å². The van der Waals surface area contributed by atoms with E-state index in [1.54, 1.807) is 6.07 Å². The van der Waals surface area contributed by atoms with E-state index in [-0.39, 0.29) is 12.0 Å². The van der Waals surface area contributed by atoms with Crippen molar-refractivity contribution in [1.82, 2.24) is 0 Å². The van der Waals surface area contributed by atoms with Gasteiger partial charge < -0.3 is 9.84 Å². The molecule has 0 aliphatic rings. The first kappa shape index (κ1) is 11.5. The van der Waals surface area contributed by atoms with Crippen LogP contribution in [0.1, 0.15) is 11.3 Å². The van der Waals surface area contributed by atoms with E-state index in [4.69, 9.17) is 5.11 Å². The molecule has 1 aromatic rings. The minimum atomic E-state index is -1.05. The molecule has 15 heavy (non-hydrogen) atoms. The van der Waals surface area contributed by atoms with Gasteiger partial charge in [-0.05, 0) is 17.5 Å². The monoisotopic (exact) mass is 226 g/mol. The summed E-state index contributed by atoms with van der Waals surface area (Å²) in [6.07, 6.45) is 1.20. The van der Waals surface area contributed by atoms with E-state index in [9.17, 15) is 9.59 Å². The maximum atomic E-state index is 11.2. The lowest BCUT2D eigenvalue weighted by molar-refractivity contribution is -0.141. The number of carbonyl (C=O) groups excluding carboxylic acids is 1. The molecule has 0 saturated heterocycles. The Balaban J connectivity index is 2.90. The fourth-order valence-electron chi connectivity index (χ4n) is 1.02. The second-order valence-electron chi connectivity index (χ2n) is 2.75. The number of thiophene rings is 1. The van der Waals surface area contributed by atoms with Crippen LogP contribution < -0.4 is 0 Å². The molecule has 0 fully saturated rings. The van der Waals surface area contributed by atoms with E-state index in [0.717, 1.165) is 4.88 Å². The summed E-state index contributed by atoms with van der Waals surface area (Å²) >= 11 is 1.43. The molecule has 1 N–H and O–H groups in total. The molecule has 0 spiro atoms. The molecule has 5 heteroatoms. The minimum absolute atomic E-state index is 0.146. The maximum absolute atomic E-state index is 11.2. The lowest BCUT2D eigenvalue weighted by atomic mass is 10.1. The summed E-state index contributed by atoms with van der Waals surface area (Å²) in [5.41, 5.74) is 0.146. The van der Waals surface area contributed by atoms with Crippen LogP contribution in [0.3, 0.4) is 0 Å². The van der Waals surface area contributed by atoms with Crippen LogP contribution in [0.2, 0.25) is 0 Å². The third-order valence-electron chi connectivity index (χ3n) is 1.65. The van der Waals surface area contributed by atoms with Crippen LogP contribution in [0.15, 0.2) is 23.1 Å². The number of carbonyl (C=O) groups is 2. The normalized spacial score (nSPS) is 11.1. The topological polar surface area (TPSA) is 63.6 Å². The molecule has 0 saturated carbocycles. The fourth-order valence-corrected chi connectivity index (χ4v) is 1.70. The van der Waals surface area contributed by atoms with Gasteiger partial charge in [-0.25, -0.2) is 4.79 Å². The summed E-state index contributed by atoms with van der Waals surface area (Å²) in [4.78, 5) is 22.6. The fraction of sp³-hybridized carbons (Fsp3) is 0.200. The molecule has 0 amide bonds. The molecule has 0 aliphatic heterocycles. The minimum Gasteiger partial charge on any atom is -0.481 e. The standard InChI is InChI=1S/C10H10O4S/c1-14-10(13)7(6-9(11)12)5-8-3-2-4-15-8/h2-5H,6H2,1H3,(H,11,12)/b7-5+. The Bertz CT molecular complexity index is 378. The smallest absolute Gasteiger partial charge is 0.334 e. The van der Waals surface area contributed by atoms with Gasteiger partial charge in [0.15, 0.2) is 0 Å². The Kier molecular flexibility index (Phi) is 4.05. The molecule has 0 unspecified atom stereocenters. The number of esters is 1. The molecule has 0 bridgehead atoms. The van der Waals surface area contributed by atoms with Crippen molar-refractivity contribution in [1.29, 1.82) is 0 Å². The van der Waals surface area contributed by atoms with E-state index in [0.29, 0.717) is 0 Å². The number of methoxy groups -OCH3 is 1. The predicted octanol–water partition coefficient (Wildman–Crippen LogP) is 1.78. The number of rotatable bonds is 4. The Morgan fingerprint density at radius 3 is 2.80 bits per heavy atom. The van der Waals surface area contributed by atoms with Crippen molar-refractivity contribution >= 4 is 29.4 Å². The van der Waals surface area contributed by atoms with Crippen LogP contribution in [-0.2, 0) is 14.3 Å². The van der Waals surface area contributed by atoms with Gasteiger partial charge in [0.05, 0.1) is 13.5 Å². The number of carboxylic acid groups (broad SMARTS) is 1. The second kappa shape index (κ2) is 5.31. The maximum Gasteiger partial charge on any atom is 0.334 e. The lowest BCUT2D eigenvalue weighted by Crippen LogP contribution is -2.09. The van der Waals surface area contributed by atoms with Crippen LogP contribution in [0.5, 0.6) is 0 Å². The summed E-state index contributed by atoms with van der Waals surface area (Å²) in [7, 11) is 1.23. The molecule has 0 radical (unpaired) electrons. The van der Waals surface area contributed by atoms with Gasteiger partial charge in [-0.1, -0.05) is 6.07 Å².